The van der Waals surface area contributed by atoms with Crippen molar-refractivity contribution in [1.82, 2.24) is 5.32 Å². The molecule has 0 bridgehead atoms. The molecule has 0 fully saturated rings. The summed E-state index contributed by atoms with van der Waals surface area (Å²) in [5.74, 6) is 0.223. The highest BCUT2D eigenvalue weighted by molar-refractivity contribution is 7.97. The molecule has 1 aromatic carbocycles. The van der Waals surface area contributed by atoms with E-state index >= 15 is 0 Å². The quantitative estimate of drug-likeness (QED) is 0.778. The molecule has 1 amide bonds. The summed E-state index contributed by atoms with van der Waals surface area (Å²) in [6.07, 6.45) is 1.49. The van der Waals surface area contributed by atoms with Crippen molar-refractivity contribution >= 4 is 27.2 Å². The molecule has 0 aliphatic carbocycles. The predicted molar refractivity (Wildman–Crippen MR) is 97.3 cm³/mol. The van der Waals surface area contributed by atoms with Crippen molar-refractivity contribution in [2.24, 2.45) is 0 Å². The minimum absolute atomic E-state index is 0.177. The van der Waals surface area contributed by atoms with Gasteiger partial charge in [-0.1, -0.05) is 6.08 Å². The molecular weight excluding hydrogens is 344 g/mol. The summed E-state index contributed by atoms with van der Waals surface area (Å²) >= 11 is 0. The number of hydrogen-bond acceptors (Lipinski definition) is 5. The molecule has 1 heterocycles. The number of benzene rings is 1. The number of rotatable bonds is 6. The molecule has 0 aromatic heterocycles. The number of hydrogen-bond donors (Lipinski definition) is 1. The topological polar surface area (TPSA) is 84.9 Å². The molecule has 0 spiro atoms. The highest BCUT2D eigenvalue weighted by atomic mass is 32.2. The number of methoxy groups -OCH3 is 2. The molecule has 7 nitrogen and oxygen atoms in total. The molecule has 1 aliphatic heterocycles. The number of amides is 1. The molecule has 1 aliphatic rings. The summed E-state index contributed by atoms with van der Waals surface area (Å²) in [4.78, 5) is 12.2. The Bertz CT molecular complexity index is 843. The van der Waals surface area contributed by atoms with Gasteiger partial charge in [0.25, 0.3) is 15.9 Å². The molecule has 8 heteroatoms. The lowest BCUT2D eigenvalue weighted by Crippen LogP contribution is -2.41. The normalized spacial score (nSPS) is 15.4. The number of carbonyl (C=O) groups is 1. The fourth-order valence-corrected chi connectivity index (χ4v) is 4.58. The highest BCUT2D eigenvalue weighted by Gasteiger charge is 2.39. The van der Waals surface area contributed by atoms with Crippen LogP contribution in [0, 0.1) is 0 Å². The summed E-state index contributed by atoms with van der Waals surface area (Å²) in [6, 6.07) is 3.29. The standard InChI is InChI=1S/C17H22N2O5S/c1-6-8-18-17(20)16-11(3)12-9-14(23-4)15(24-5)10-13(12)19(7-2)25(16,21)22/h6,9-10H,1,7-8H2,2-5H3,(H,18,20). The molecular formula is C17H22N2O5S. The van der Waals surface area contributed by atoms with Gasteiger partial charge in [0.15, 0.2) is 16.4 Å². The van der Waals surface area contributed by atoms with Gasteiger partial charge in [-0.2, -0.15) is 0 Å². The monoisotopic (exact) mass is 366 g/mol. The molecule has 0 unspecified atom stereocenters. The Morgan fingerprint density at radius 3 is 2.40 bits per heavy atom. The van der Waals surface area contributed by atoms with Crippen LogP contribution in [0.15, 0.2) is 29.7 Å². The molecule has 1 aromatic rings. The van der Waals surface area contributed by atoms with Crippen molar-refractivity contribution in [3.63, 3.8) is 0 Å². The van der Waals surface area contributed by atoms with Gasteiger partial charge in [-0.15, -0.1) is 6.58 Å². The lowest BCUT2D eigenvalue weighted by Gasteiger charge is -2.32. The number of nitrogens with one attached hydrogen (secondary N) is 1. The maximum Gasteiger partial charge on any atom is 0.270 e. The van der Waals surface area contributed by atoms with Crippen LogP contribution in [0.3, 0.4) is 0 Å². The lowest BCUT2D eigenvalue weighted by atomic mass is 10.0. The number of ether oxygens (including phenoxy) is 2. The van der Waals surface area contributed by atoms with Crippen molar-refractivity contribution in [2.75, 3.05) is 31.6 Å². The molecule has 136 valence electrons. The Morgan fingerprint density at radius 2 is 1.88 bits per heavy atom. The SMILES string of the molecule is C=CCNC(=O)C1=C(C)c2cc(OC)c(OC)cc2N(CC)S1(=O)=O. The van der Waals surface area contributed by atoms with E-state index in [9.17, 15) is 13.2 Å². The smallest absolute Gasteiger partial charge is 0.270 e. The molecule has 25 heavy (non-hydrogen) atoms. The van der Waals surface area contributed by atoms with Crippen LogP contribution in [0.2, 0.25) is 0 Å². The Morgan fingerprint density at radius 1 is 1.28 bits per heavy atom. The number of nitrogens with zero attached hydrogens (tertiary/aromatic N) is 1. The third-order valence-corrected chi connectivity index (χ3v) is 6.01. The van der Waals surface area contributed by atoms with Crippen molar-refractivity contribution in [2.45, 2.75) is 13.8 Å². The number of allylic oxidation sites excluding steroid dienone is 1. The van der Waals surface area contributed by atoms with Gasteiger partial charge in [0.1, 0.15) is 0 Å². The summed E-state index contributed by atoms with van der Waals surface area (Å²) in [5.41, 5.74) is 1.43. The fraction of sp³-hybridized carbons (Fsp3) is 0.353. The van der Waals surface area contributed by atoms with Gasteiger partial charge >= 0.3 is 0 Å². The molecule has 0 saturated carbocycles. The Balaban J connectivity index is 2.77. The Hall–Kier alpha value is -2.48. The zero-order valence-corrected chi connectivity index (χ0v) is 15.6. The van der Waals surface area contributed by atoms with Crippen LogP contribution in [-0.4, -0.2) is 41.6 Å². The van der Waals surface area contributed by atoms with Crippen LogP contribution in [0.5, 0.6) is 11.5 Å². The average Bonchev–Trinajstić information content (AvgIpc) is 2.58. The number of sulfonamides is 1. The molecule has 0 saturated heterocycles. The summed E-state index contributed by atoms with van der Waals surface area (Å²) in [5, 5.41) is 2.54. The van der Waals surface area contributed by atoms with E-state index in [1.54, 1.807) is 26.0 Å². The van der Waals surface area contributed by atoms with E-state index in [-0.39, 0.29) is 18.0 Å². The van der Waals surface area contributed by atoms with Crippen molar-refractivity contribution in [1.29, 1.82) is 0 Å². The maximum atomic E-state index is 13.0. The zero-order valence-electron chi connectivity index (χ0n) is 14.8. The summed E-state index contributed by atoms with van der Waals surface area (Å²) in [6.45, 7) is 7.19. The number of anilines is 1. The second-order valence-electron chi connectivity index (χ2n) is 5.35. The first kappa shape index (κ1) is 18.9. The van der Waals surface area contributed by atoms with Crippen LogP contribution >= 0.6 is 0 Å². The second kappa shape index (κ2) is 7.18. The van der Waals surface area contributed by atoms with E-state index < -0.39 is 15.9 Å². The largest absolute Gasteiger partial charge is 0.493 e. The van der Waals surface area contributed by atoms with Gasteiger partial charge in [-0.25, -0.2) is 8.42 Å². The van der Waals surface area contributed by atoms with Crippen LogP contribution < -0.4 is 19.1 Å². The van der Waals surface area contributed by atoms with E-state index in [4.69, 9.17) is 9.47 Å². The van der Waals surface area contributed by atoms with E-state index in [1.807, 2.05) is 0 Å². The fourth-order valence-electron chi connectivity index (χ4n) is 2.80. The first-order valence-corrected chi connectivity index (χ1v) is 9.16. The maximum absolute atomic E-state index is 13.0. The zero-order chi connectivity index (χ0) is 18.8. The molecule has 0 radical (unpaired) electrons. The van der Waals surface area contributed by atoms with Crippen molar-refractivity contribution in [3.05, 3.63) is 35.3 Å². The second-order valence-corrected chi connectivity index (χ2v) is 7.15. The molecule has 2 rings (SSSR count). The van der Waals surface area contributed by atoms with Crippen LogP contribution in [-0.2, 0) is 14.8 Å². The minimum atomic E-state index is -3.98. The molecule has 0 atom stereocenters. The van der Waals surface area contributed by atoms with E-state index in [0.29, 0.717) is 28.3 Å². The van der Waals surface area contributed by atoms with Crippen LogP contribution in [0.1, 0.15) is 19.4 Å². The van der Waals surface area contributed by atoms with Gasteiger partial charge < -0.3 is 14.8 Å². The van der Waals surface area contributed by atoms with E-state index in [1.165, 1.54) is 24.6 Å². The highest BCUT2D eigenvalue weighted by Crippen LogP contribution is 2.44. The summed E-state index contributed by atoms with van der Waals surface area (Å²) in [7, 11) is -1.00. The third-order valence-electron chi connectivity index (χ3n) is 3.96. The Kier molecular flexibility index (Phi) is 5.42. The minimum Gasteiger partial charge on any atom is -0.493 e. The molecule has 1 N–H and O–H groups in total. The van der Waals surface area contributed by atoms with E-state index in [2.05, 4.69) is 11.9 Å². The van der Waals surface area contributed by atoms with Crippen LogP contribution in [0.25, 0.3) is 5.57 Å². The van der Waals surface area contributed by atoms with Gasteiger partial charge in [-0.05, 0) is 25.5 Å². The van der Waals surface area contributed by atoms with Crippen molar-refractivity contribution in [3.8, 4) is 11.5 Å². The lowest BCUT2D eigenvalue weighted by molar-refractivity contribution is -0.116. The Labute approximate surface area is 148 Å². The van der Waals surface area contributed by atoms with Gasteiger partial charge in [-0.3, -0.25) is 9.10 Å². The van der Waals surface area contributed by atoms with Gasteiger partial charge in [0.05, 0.1) is 19.9 Å². The average molecular weight is 366 g/mol. The van der Waals surface area contributed by atoms with Crippen molar-refractivity contribution < 1.29 is 22.7 Å². The van der Waals surface area contributed by atoms with Gasteiger partial charge in [0, 0.05) is 24.7 Å². The van der Waals surface area contributed by atoms with Crippen LogP contribution in [0.4, 0.5) is 5.69 Å². The summed E-state index contributed by atoms with van der Waals surface area (Å²) < 4.78 is 37.7. The van der Waals surface area contributed by atoms with Gasteiger partial charge in [0.2, 0.25) is 0 Å². The predicted octanol–water partition coefficient (Wildman–Crippen LogP) is 1.91. The first-order valence-electron chi connectivity index (χ1n) is 7.72. The first-order chi connectivity index (χ1) is 11.8. The number of fused-ring (bicyclic) bond motifs is 1. The third kappa shape index (κ3) is 3.09. The number of carbonyl (C=O) groups excluding carboxylic acids is 1. The van der Waals surface area contributed by atoms with E-state index in [0.717, 1.165) is 0 Å².